The van der Waals surface area contributed by atoms with Gasteiger partial charge in [-0.05, 0) is 35.9 Å². The summed E-state index contributed by atoms with van der Waals surface area (Å²) in [5, 5.41) is 12.0. The van der Waals surface area contributed by atoms with Crippen molar-refractivity contribution >= 4 is 16.8 Å². The molecule has 0 aliphatic carbocycles. The molecule has 0 saturated heterocycles. The number of nitriles is 1. The average molecular weight is 265 g/mol. The van der Waals surface area contributed by atoms with E-state index in [4.69, 9.17) is 9.68 Å². The van der Waals surface area contributed by atoms with Crippen LogP contribution in [0.25, 0.3) is 11.1 Å². The van der Waals surface area contributed by atoms with E-state index in [1.165, 1.54) is 0 Å². The normalized spacial score (nSPS) is 10.3. The van der Waals surface area contributed by atoms with Crippen LogP contribution in [0.3, 0.4) is 0 Å². The van der Waals surface area contributed by atoms with Gasteiger partial charge in [0, 0.05) is 12.2 Å². The maximum atomic E-state index is 11.1. The largest absolute Gasteiger partial charge is 0.417 e. The van der Waals surface area contributed by atoms with E-state index in [1.54, 1.807) is 18.2 Å². The first-order valence-electron chi connectivity index (χ1n) is 6.10. The molecular weight excluding hydrogens is 254 g/mol. The van der Waals surface area contributed by atoms with Gasteiger partial charge < -0.3 is 9.73 Å². The van der Waals surface area contributed by atoms with Crippen molar-refractivity contribution in [2.75, 3.05) is 5.32 Å². The molecule has 2 aromatic carbocycles. The van der Waals surface area contributed by atoms with Gasteiger partial charge in [-0.1, -0.05) is 12.1 Å². The Labute approximate surface area is 114 Å². The Morgan fingerprint density at radius 2 is 2.00 bits per heavy atom. The quantitative estimate of drug-likeness (QED) is 0.762. The van der Waals surface area contributed by atoms with Crippen LogP contribution in [0.15, 0.2) is 51.7 Å². The maximum absolute atomic E-state index is 11.1. The second-order valence-corrected chi connectivity index (χ2v) is 4.39. The minimum atomic E-state index is -0.454. The molecule has 5 nitrogen and oxygen atoms in total. The van der Waals surface area contributed by atoms with Crippen LogP contribution in [-0.4, -0.2) is 4.98 Å². The fourth-order valence-corrected chi connectivity index (χ4v) is 1.96. The Bertz CT molecular complexity index is 838. The van der Waals surface area contributed by atoms with E-state index in [1.807, 2.05) is 24.3 Å². The molecular formula is C15H11N3O2. The molecule has 0 atom stereocenters. The van der Waals surface area contributed by atoms with Gasteiger partial charge in [-0.25, -0.2) is 4.79 Å². The fourth-order valence-electron chi connectivity index (χ4n) is 1.96. The summed E-state index contributed by atoms with van der Waals surface area (Å²) in [5.41, 5.74) is 3.81. The predicted octanol–water partition coefficient (Wildman–Crippen LogP) is 2.60. The minimum Gasteiger partial charge on any atom is -0.408 e. The van der Waals surface area contributed by atoms with Gasteiger partial charge in [0.1, 0.15) is 0 Å². The Morgan fingerprint density at radius 1 is 1.20 bits per heavy atom. The Kier molecular flexibility index (Phi) is 2.98. The van der Waals surface area contributed by atoms with Gasteiger partial charge in [0.05, 0.1) is 17.1 Å². The molecule has 0 aliphatic rings. The number of nitrogens with zero attached hydrogens (tertiary/aromatic N) is 1. The number of H-pyrrole nitrogens is 1. The number of fused-ring (bicyclic) bond motifs is 1. The molecule has 2 N–H and O–H groups in total. The zero-order valence-corrected chi connectivity index (χ0v) is 10.5. The van der Waals surface area contributed by atoms with Crippen molar-refractivity contribution in [1.82, 2.24) is 4.98 Å². The minimum absolute atomic E-state index is 0.454. The maximum Gasteiger partial charge on any atom is 0.417 e. The topological polar surface area (TPSA) is 81.8 Å². The van der Waals surface area contributed by atoms with E-state index < -0.39 is 5.76 Å². The summed E-state index contributed by atoms with van der Waals surface area (Å²) in [7, 11) is 0. The van der Waals surface area contributed by atoms with Gasteiger partial charge >= 0.3 is 5.76 Å². The SMILES string of the molecule is N#Cc1ccc(CNc2ccc3oc(=O)[nH]c3c2)cc1. The van der Waals surface area contributed by atoms with Crippen LogP contribution in [0, 0.1) is 11.3 Å². The molecule has 3 aromatic rings. The summed E-state index contributed by atoms with van der Waals surface area (Å²) in [6.07, 6.45) is 0. The summed E-state index contributed by atoms with van der Waals surface area (Å²) >= 11 is 0. The monoisotopic (exact) mass is 265 g/mol. The first-order valence-corrected chi connectivity index (χ1v) is 6.10. The van der Waals surface area contributed by atoms with E-state index in [9.17, 15) is 4.79 Å². The summed E-state index contributed by atoms with van der Waals surface area (Å²) in [4.78, 5) is 13.7. The van der Waals surface area contributed by atoms with Crippen LogP contribution >= 0.6 is 0 Å². The van der Waals surface area contributed by atoms with Crippen molar-refractivity contribution in [3.8, 4) is 6.07 Å². The van der Waals surface area contributed by atoms with Crippen LogP contribution in [0.2, 0.25) is 0 Å². The molecule has 0 radical (unpaired) electrons. The molecule has 3 rings (SSSR count). The zero-order chi connectivity index (χ0) is 13.9. The van der Waals surface area contributed by atoms with Crippen molar-refractivity contribution < 1.29 is 4.42 Å². The van der Waals surface area contributed by atoms with E-state index in [-0.39, 0.29) is 0 Å². The van der Waals surface area contributed by atoms with Crippen molar-refractivity contribution in [1.29, 1.82) is 5.26 Å². The number of oxazole rings is 1. The zero-order valence-electron chi connectivity index (χ0n) is 10.5. The molecule has 0 spiro atoms. The van der Waals surface area contributed by atoms with Gasteiger partial charge in [-0.3, -0.25) is 4.98 Å². The van der Waals surface area contributed by atoms with Crippen LogP contribution in [-0.2, 0) is 6.54 Å². The number of benzene rings is 2. The first kappa shape index (κ1) is 12.1. The van der Waals surface area contributed by atoms with Crippen LogP contribution in [0.4, 0.5) is 5.69 Å². The molecule has 0 aliphatic heterocycles. The Hall–Kier alpha value is -3.00. The fraction of sp³-hybridized carbons (Fsp3) is 0.0667. The van der Waals surface area contributed by atoms with Crippen molar-refractivity contribution in [3.63, 3.8) is 0 Å². The smallest absolute Gasteiger partial charge is 0.408 e. The summed E-state index contributed by atoms with van der Waals surface area (Å²) in [5.74, 6) is -0.454. The van der Waals surface area contributed by atoms with Crippen LogP contribution in [0.5, 0.6) is 0 Å². The van der Waals surface area contributed by atoms with Crippen molar-refractivity contribution in [2.45, 2.75) is 6.54 Å². The van der Waals surface area contributed by atoms with Gasteiger partial charge in [-0.2, -0.15) is 5.26 Å². The molecule has 1 heterocycles. The number of aromatic amines is 1. The van der Waals surface area contributed by atoms with Crippen LogP contribution < -0.4 is 11.1 Å². The lowest BCUT2D eigenvalue weighted by molar-refractivity contribution is 0.555. The van der Waals surface area contributed by atoms with E-state index in [0.29, 0.717) is 23.2 Å². The number of aromatic nitrogens is 1. The Balaban J connectivity index is 1.75. The third-order valence-electron chi connectivity index (χ3n) is 3.00. The third-order valence-corrected chi connectivity index (χ3v) is 3.00. The van der Waals surface area contributed by atoms with E-state index >= 15 is 0 Å². The van der Waals surface area contributed by atoms with E-state index in [2.05, 4.69) is 16.4 Å². The summed E-state index contributed by atoms with van der Waals surface area (Å²) < 4.78 is 4.94. The van der Waals surface area contributed by atoms with Gasteiger partial charge in [-0.15, -0.1) is 0 Å². The van der Waals surface area contributed by atoms with Gasteiger partial charge in [0.25, 0.3) is 0 Å². The average Bonchev–Trinajstić information content (AvgIpc) is 2.85. The van der Waals surface area contributed by atoms with Crippen molar-refractivity contribution in [2.24, 2.45) is 0 Å². The number of nitrogens with one attached hydrogen (secondary N) is 2. The number of hydrogen-bond donors (Lipinski definition) is 2. The highest BCUT2D eigenvalue weighted by atomic mass is 16.4. The Morgan fingerprint density at radius 3 is 2.75 bits per heavy atom. The lowest BCUT2D eigenvalue weighted by Crippen LogP contribution is -1.99. The highest BCUT2D eigenvalue weighted by Crippen LogP contribution is 2.17. The second kappa shape index (κ2) is 4.94. The third kappa shape index (κ3) is 2.40. The molecule has 98 valence electrons. The number of anilines is 1. The van der Waals surface area contributed by atoms with Gasteiger partial charge in [0.15, 0.2) is 5.58 Å². The molecule has 1 aromatic heterocycles. The predicted molar refractivity (Wildman–Crippen MR) is 75.3 cm³/mol. The molecule has 0 amide bonds. The molecule has 0 bridgehead atoms. The lowest BCUT2D eigenvalue weighted by Gasteiger charge is -2.06. The molecule has 0 saturated carbocycles. The van der Waals surface area contributed by atoms with E-state index in [0.717, 1.165) is 11.3 Å². The van der Waals surface area contributed by atoms with Gasteiger partial charge in [0.2, 0.25) is 0 Å². The van der Waals surface area contributed by atoms with Crippen LogP contribution in [0.1, 0.15) is 11.1 Å². The number of rotatable bonds is 3. The molecule has 0 fully saturated rings. The second-order valence-electron chi connectivity index (χ2n) is 4.39. The number of hydrogen-bond acceptors (Lipinski definition) is 4. The first-order chi connectivity index (χ1) is 9.74. The highest BCUT2D eigenvalue weighted by molar-refractivity contribution is 5.76. The lowest BCUT2D eigenvalue weighted by atomic mass is 10.1. The molecule has 0 unspecified atom stereocenters. The standard InChI is InChI=1S/C15H11N3O2/c16-8-10-1-3-11(4-2-10)9-17-12-5-6-14-13(7-12)18-15(19)20-14/h1-7,17H,9H2,(H,18,19). The summed E-state index contributed by atoms with van der Waals surface area (Å²) in [6.45, 7) is 0.638. The van der Waals surface area contributed by atoms with Crippen molar-refractivity contribution in [3.05, 3.63) is 64.1 Å². The molecule has 5 heteroatoms. The summed E-state index contributed by atoms with van der Waals surface area (Å²) in [6, 6.07) is 14.9. The molecule has 20 heavy (non-hydrogen) atoms. The highest BCUT2D eigenvalue weighted by Gasteiger charge is 2.02.